The van der Waals surface area contributed by atoms with E-state index in [1.54, 1.807) is 0 Å². The number of thiazole rings is 1. The third kappa shape index (κ3) is 4.31. The minimum atomic E-state index is 0. The summed E-state index contributed by atoms with van der Waals surface area (Å²) in [4.78, 5) is 19.4. The van der Waals surface area contributed by atoms with Gasteiger partial charge in [-0.1, -0.05) is 0 Å². The number of likely N-dealkylation sites (tertiary alicyclic amines) is 1. The molecule has 1 aromatic heterocycles. The van der Waals surface area contributed by atoms with Gasteiger partial charge in [0.2, 0.25) is 0 Å². The van der Waals surface area contributed by atoms with Gasteiger partial charge in [0, 0.05) is 19.1 Å². The fourth-order valence-corrected chi connectivity index (χ4v) is 3.16. The van der Waals surface area contributed by atoms with Crippen molar-refractivity contribution in [3.05, 3.63) is 15.6 Å². The van der Waals surface area contributed by atoms with Crippen LogP contribution in [0.1, 0.15) is 33.2 Å². The van der Waals surface area contributed by atoms with Gasteiger partial charge in [-0.05, 0) is 33.7 Å². The Labute approximate surface area is 130 Å². The van der Waals surface area contributed by atoms with Gasteiger partial charge >= 0.3 is 0 Å². The fraction of sp³-hybridized carbons (Fsp3) is 0.667. The lowest BCUT2D eigenvalue weighted by Gasteiger charge is -2.32. The van der Waals surface area contributed by atoms with Crippen LogP contribution < -0.4 is 5.32 Å². The van der Waals surface area contributed by atoms with Crippen molar-refractivity contribution in [1.82, 2.24) is 15.2 Å². The summed E-state index contributed by atoms with van der Waals surface area (Å²) in [7, 11) is 1.96. The lowest BCUT2D eigenvalue weighted by molar-refractivity contribution is 0.0702. The minimum absolute atomic E-state index is 0. The van der Waals surface area contributed by atoms with Gasteiger partial charge in [0.05, 0.1) is 10.7 Å². The van der Waals surface area contributed by atoms with Gasteiger partial charge in [-0.2, -0.15) is 0 Å². The predicted molar refractivity (Wildman–Crippen MR) is 84.1 cm³/mol. The summed E-state index contributed by atoms with van der Waals surface area (Å²) in [5.74, 6) is 0.146. The number of carbonyl (C=O) groups excluding carboxylic acids is 1. The van der Waals surface area contributed by atoms with Crippen molar-refractivity contribution in [1.29, 1.82) is 0 Å². The normalized spacial score (nSPS) is 18.5. The Kier molecular flexibility index (Phi) is 7.89. The van der Waals surface area contributed by atoms with E-state index in [0.29, 0.717) is 6.04 Å². The molecule has 0 radical (unpaired) electrons. The molecule has 7 heteroatoms. The average molecular weight is 326 g/mol. The van der Waals surface area contributed by atoms with Crippen molar-refractivity contribution < 1.29 is 4.79 Å². The first-order valence-corrected chi connectivity index (χ1v) is 6.84. The standard InChI is InChI=1S/C12H19N3OS.2ClH/c1-8-11(17-9(2)14-8)12(16)15-6-4-5-10(7-15)13-3;;/h10,13H,4-7H2,1-3H3;2*1H. The minimum Gasteiger partial charge on any atom is -0.336 e. The van der Waals surface area contributed by atoms with Gasteiger partial charge in [-0.3, -0.25) is 4.79 Å². The van der Waals surface area contributed by atoms with E-state index in [4.69, 9.17) is 0 Å². The summed E-state index contributed by atoms with van der Waals surface area (Å²) >= 11 is 1.50. The number of nitrogens with one attached hydrogen (secondary N) is 1. The highest BCUT2D eigenvalue weighted by molar-refractivity contribution is 7.13. The maximum atomic E-state index is 12.4. The number of amides is 1. The number of carbonyl (C=O) groups is 1. The molecule has 0 saturated carbocycles. The number of hydrogen-bond acceptors (Lipinski definition) is 4. The van der Waals surface area contributed by atoms with Gasteiger partial charge in [-0.25, -0.2) is 4.98 Å². The topological polar surface area (TPSA) is 45.2 Å². The Bertz CT molecular complexity index is 425. The van der Waals surface area contributed by atoms with E-state index in [-0.39, 0.29) is 30.7 Å². The van der Waals surface area contributed by atoms with E-state index in [9.17, 15) is 4.79 Å². The third-order valence-corrected chi connectivity index (χ3v) is 4.28. The van der Waals surface area contributed by atoms with Crippen molar-refractivity contribution in [2.45, 2.75) is 32.7 Å². The SMILES string of the molecule is CNC1CCCN(C(=O)c2sc(C)nc2C)C1.Cl.Cl. The van der Waals surface area contributed by atoms with Crippen molar-refractivity contribution in [3.63, 3.8) is 0 Å². The second kappa shape index (κ2) is 8.04. The molecular weight excluding hydrogens is 305 g/mol. The third-order valence-electron chi connectivity index (χ3n) is 3.21. The molecule has 2 rings (SSSR count). The smallest absolute Gasteiger partial charge is 0.265 e. The molecule has 1 unspecified atom stereocenters. The largest absolute Gasteiger partial charge is 0.336 e. The highest BCUT2D eigenvalue weighted by Crippen LogP contribution is 2.21. The molecule has 1 aromatic rings. The van der Waals surface area contributed by atoms with E-state index < -0.39 is 0 Å². The second-order valence-corrected chi connectivity index (χ2v) is 5.73. The van der Waals surface area contributed by atoms with Crippen LogP contribution in [0.4, 0.5) is 0 Å². The molecule has 1 fully saturated rings. The van der Waals surface area contributed by atoms with Gasteiger partial charge in [0.25, 0.3) is 5.91 Å². The zero-order valence-electron chi connectivity index (χ0n) is 11.4. The first kappa shape index (κ1) is 18.6. The summed E-state index contributed by atoms with van der Waals surface area (Å²) in [6.45, 7) is 5.54. The molecule has 0 aliphatic carbocycles. The van der Waals surface area contributed by atoms with Crippen LogP contribution in [0.25, 0.3) is 0 Å². The molecule has 0 spiro atoms. The van der Waals surface area contributed by atoms with E-state index >= 15 is 0 Å². The van der Waals surface area contributed by atoms with E-state index in [2.05, 4.69) is 10.3 Å². The number of piperidine rings is 1. The molecule has 1 amide bonds. The molecule has 1 saturated heterocycles. The van der Waals surface area contributed by atoms with Crippen molar-refractivity contribution >= 4 is 42.1 Å². The van der Waals surface area contributed by atoms with Gasteiger partial charge in [0.1, 0.15) is 4.88 Å². The van der Waals surface area contributed by atoms with Crippen LogP contribution in [0.2, 0.25) is 0 Å². The highest BCUT2D eigenvalue weighted by Gasteiger charge is 2.25. The second-order valence-electron chi connectivity index (χ2n) is 4.53. The fourth-order valence-electron chi connectivity index (χ4n) is 2.27. The molecule has 0 aromatic carbocycles. The van der Waals surface area contributed by atoms with Crippen molar-refractivity contribution in [2.75, 3.05) is 20.1 Å². The van der Waals surface area contributed by atoms with E-state index in [0.717, 1.165) is 41.5 Å². The summed E-state index contributed by atoms with van der Waals surface area (Å²) in [6.07, 6.45) is 2.23. The van der Waals surface area contributed by atoms with Crippen LogP contribution in [0, 0.1) is 13.8 Å². The van der Waals surface area contributed by atoms with Gasteiger partial charge in [0.15, 0.2) is 0 Å². The molecule has 0 bridgehead atoms. The number of aryl methyl sites for hydroxylation is 2. The Hall–Kier alpha value is -0.360. The number of halogens is 2. The number of aromatic nitrogens is 1. The van der Waals surface area contributed by atoms with Crippen LogP contribution in [0.5, 0.6) is 0 Å². The number of hydrogen-bond donors (Lipinski definition) is 1. The highest BCUT2D eigenvalue weighted by atomic mass is 35.5. The molecule has 2 heterocycles. The van der Waals surface area contributed by atoms with Crippen molar-refractivity contribution in [3.8, 4) is 0 Å². The van der Waals surface area contributed by atoms with Crippen LogP contribution >= 0.6 is 36.2 Å². The maximum absolute atomic E-state index is 12.4. The first-order chi connectivity index (χ1) is 8.11. The lowest BCUT2D eigenvalue weighted by Crippen LogP contribution is -2.46. The zero-order valence-corrected chi connectivity index (χ0v) is 13.9. The van der Waals surface area contributed by atoms with Crippen LogP contribution in [-0.4, -0.2) is 42.0 Å². The molecular formula is C12H21Cl2N3OS. The Morgan fingerprint density at radius 2 is 2.11 bits per heavy atom. The molecule has 1 N–H and O–H groups in total. The van der Waals surface area contributed by atoms with Crippen LogP contribution in [0.15, 0.2) is 0 Å². The van der Waals surface area contributed by atoms with Gasteiger partial charge in [-0.15, -0.1) is 36.2 Å². The molecule has 110 valence electrons. The summed E-state index contributed by atoms with van der Waals surface area (Å²) in [5.41, 5.74) is 0.865. The number of likely N-dealkylation sites (N-methyl/N-ethyl adjacent to an activating group) is 1. The number of nitrogens with zero attached hydrogens (tertiary/aromatic N) is 2. The predicted octanol–water partition coefficient (Wildman–Crippen LogP) is 2.43. The average Bonchev–Trinajstić information content (AvgIpc) is 2.67. The summed E-state index contributed by atoms with van der Waals surface area (Å²) in [6, 6.07) is 0.432. The molecule has 1 aliphatic rings. The summed E-state index contributed by atoms with van der Waals surface area (Å²) in [5, 5.41) is 4.22. The lowest BCUT2D eigenvalue weighted by atomic mass is 10.1. The maximum Gasteiger partial charge on any atom is 0.265 e. The van der Waals surface area contributed by atoms with Crippen molar-refractivity contribution in [2.24, 2.45) is 0 Å². The van der Waals surface area contributed by atoms with Gasteiger partial charge < -0.3 is 10.2 Å². The molecule has 1 aliphatic heterocycles. The number of rotatable bonds is 2. The van der Waals surface area contributed by atoms with Crippen LogP contribution in [-0.2, 0) is 0 Å². The van der Waals surface area contributed by atoms with Crippen LogP contribution in [0.3, 0.4) is 0 Å². The monoisotopic (exact) mass is 325 g/mol. The molecule has 19 heavy (non-hydrogen) atoms. The molecule has 1 atom stereocenters. The Balaban J connectivity index is 0.00000162. The quantitative estimate of drug-likeness (QED) is 0.908. The van der Waals surface area contributed by atoms with E-state index in [1.165, 1.54) is 11.3 Å². The van der Waals surface area contributed by atoms with E-state index in [1.807, 2.05) is 25.8 Å². The Morgan fingerprint density at radius 1 is 1.42 bits per heavy atom. The first-order valence-electron chi connectivity index (χ1n) is 6.02. The summed E-state index contributed by atoms with van der Waals surface area (Å²) < 4.78 is 0. The Morgan fingerprint density at radius 3 is 2.63 bits per heavy atom. The molecule has 4 nitrogen and oxygen atoms in total. The zero-order chi connectivity index (χ0) is 12.4.